The number of alkyl halides is 9. The highest BCUT2D eigenvalue weighted by molar-refractivity contribution is 7.93. The topological polar surface area (TPSA) is 102 Å². The van der Waals surface area contributed by atoms with Crippen LogP contribution in [-0.2, 0) is 32.7 Å². The molecule has 284 valence electrons. The van der Waals surface area contributed by atoms with Crippen LogP contribution in [-0.4, -0.2) is 80.5 Å². The van der Waals surface area contributed by atoms with Gasteiger partial charge in [-0.25, -0.2) is 0 Å². The Balaban J connectivity index is 0.000000199. The van der Waals surface area contributed by atoms with Gasteiger partial charge in [0.15, 0.2) is 0 Å². The van der Waals surface area contributed by atoms with Crippen LogP contribution in [0.3, 0.4) is 0 Å². The number of nitrogens with one attached hydrogen (secondary N) is 3. The first-order chi connectivity index (χ1) is 24.1. The Hall–Kier alpha value is -3.14. The Morgan fingerprint density at radius 2 is 0.784 bits per heavy atom. The summed E-state index contributed by atoms with van der Waals surface area (Å²) in [6.45, 7) is 5.26. The molecule has 3 N–H and O–H groups in total. The van der Waals surface area contributed by atoms with Crippen molar-refractivity contribution in [1.82, 2.24) is 30.9 Å². The molecule has 0 bridgehead atoms. The van der Waals surface area contributed by atoms with Crippen molar-refractivity contribution in [3.05, 3.63) is 88.8 Å². The summed E-state index contributed by atoms with van der Waals surface area (Å²) in [5, 5.41) is 9.37. The van der Waals surface area contributed by atoms with Crippen molar-refractivity contribution in [2.24, 2.45) is 0 Å². The summed E-state index contributed by atoms with van der Waals surface area (Å²) in [4.78, 5) is 11.4. The van der Waals surface area contributed by atoms with Gasteiger partial charge in [0.1, 0.15) is 0 Å². The monoisotopic (exact) mass is 762 g/mol. The van der Waals surface area contributed by atoms with Crippen molar-refractivity contribution < 1.29 is 57.6 Å². The summed E-state index contributed by atoms with van der Waals surface area (Å²) in [5.74, 6) is 0. The fourth-order valence-corrected chi connectivity index (χ4v) is 4.60. The fourth-order valence-electron chi connectivity index (χ4n) is 4.60. The van der Waals surface area contributed by atoms with E-state index in [0.717, 1.165) is 36.8 Å². The van der Waals surface area contributed by atoms with Crippen molar-refractivity contribution in [2.75, 3.05) is 65.5 Å². The SMILES string of the molecule is CSF.FC(F)(F)c1ccc(C2COCCN2)nc1.FC(F)(F)c1ccc([C@@H]2COCCN2)nc1.FC(F)(F)c1ccc([C@H]2COCCN2)nc1. The minimum absolute atomic E-state index is 0.115. The van der Waals surface area contributed by atoms with Gasteiger partial charge in [-0.05, 0) is 36.4 Å². The van der Waals surface area contributed by atoms with E-state index < -0.39 is 35.2 Å². The largest absolute Gasteiger partial charge is 0.417 e. The smallest absolute Gasteiger partial charge is 0.378 e. The van der Waals surface area contributed by atoms with E-state index in [1.165, 1.54) is 24.5 Å². The van der Waals surface area contributed by atoms with Crippen LogP contribution in [0.4, 0.5) is 43.4 Å². The normalized spacial score (nSPS) is 21.1. The predicted octanol–water partition coefficient (Wildman–Crippen LogP) is 6.52. The lowest BCUT2D eigenvalue weighted by molar-refractivity contribution is -0.138. The molecule has 6 rings (SSSR count). The molecule has 3 fully saturated rings. The zero-order chi connectivity index (χ0) is 37.5. The second kappa shape index (κ2) is 20.2. The van der Waals surface area contributed by atoms with E-state index >= 15 is 0 Å². The van der Waals surface area contributed by atoms with Crippen molar-refractivity contribution in [1.29, 1.82) is 0 Å². The van der Waals surface area contributed by atoms with Crippen molar-refractivity contribution in [2.45, 2.75) is 36.7 Å². The molecule has 0 saturated carbocycles. The Kier molecular flexibility index (Phi) is 16.7. The third-order valence-corrected chi connectivity index (χ3v) is 7.18. The minimum atomic E-state index is -4.33. The molecule has 20 heteroatoms. The average molecular weight is 763 g/mol. The zero-order valence-corrected chi connectivity index (χ0v) is 27.9. The van der Waals surface area contributed by atoms with Crippen LogP contribution in [0.1, 0.15) is 51.9 Å². The third-order valence-electron chi connectivity index (χ3n) is 7.18. The first-order valence-electron chi connectivity index (χ1n) is 15.3. The van der Waals surface area contributed by atoms with E-state index in [0.29, 0.717) is 76.4 Å². The Morgan fingerprint density at radius 1 is 0.529 bits per heavy atom. The Bertz CT molecular complexity index is 1230. The third kappa shape index (κ3) is 14.4. The number of nitrogens with zero attached hydrogens (tertiary/aromatic N) is 3. The fraction of sp³-hybridized carbons (Fsp3) is 0.516. The molecule has 3 aliphatic heterocycles. The predicted molar refractivity (Wildman–Crippen MR) is 167 cm³/mol. The molecular formula is C31H36F10N6O3S. The van der Waals surface area contributed by atoms with Crippen LogP contribution in [0.15, 0.2) is 55.0 Å². The number of morpholine rings is 3. The van der Waals surface area contributed by atoms with E-state index in [4.69, 9.17) is 14.2 Å². The number of ether oxygens (including phenoxy) is 3. The molecule has 0 aromatic carbocycles. The number of hydrogen-bond donors (Lipinski definition) is 3. The van der Waals surface area contributed by atoms with Crippen LogP contribution in [0.25, 0.3) is 0 Å². The molecule has 9 nitrogen and oxygen atoms in total. The van der Waals surface area contributed by atoms with Gasteiger partial charge < -0.3 is 30.2 Å². The van der Waals surface area contributed by atoms with Crippen LogP contribution >= 0.6 is 12.1 Å². The van der Waals surface area contributed by atoms with Gasteiger partial charge in [0.2, 0.25) is 0 Å². The molecule has 0 spiro atoms. The van der Waals surface area contributed by atoms with Crippen LogP contribution < -0.4 is 16.0 Å². The highest BCUT2D eigenvalue weighted by Crippen LogP contribution is 2.31. The molecule has 3 aliphatic rings. The second-order valence-corrected chi connectivity index (χ2v) is 11.1. The number of pyridine rings is 3. The lowest BCUT2D eigenvalue weighted by atomic mass is 10.1. The molecule has 1 unspecified atom stereocenters. The molecule has 0 amide bonds. The lowest BCUT2D eigenvalue weighted by Gasteiger charge is -2.23. The Morgan fingerprint density at radius 3 is 0.941 bits per heavy atom. The van der Waals surface area contributed by atoms with Crippen LogP contribution in [0.2, 0.25) is 0 Å². The molecule has 3 aromatic heterocycles. The molecule has 0 aliphatic carbocycles. The number of hydrogen-bond acceptors (Lipinski definition) is 10. The van der Waals surface area contributed by atoms with Gasteiger partial charge in [0.05, 0.1) is 91.5 Å². The van der Waals surface area contributed by atoms with E-state index in [-0.39, 0.29) is 30.3 Å². The van der Waals surface area contributed by atoms with Gasteiger partial charge >= 0.3 is 18.5 Å². The number of rotatable bonds is 3. The highest BCUT2D eigenvalue weighted by atomic mass is 32.2. The maximum Gasteiger partial charge on any atom is 0.417 e. The molecular weight excluding hydrogens is 726 g/mol. The number of halogens is 10. The van der Waals surface area contributed by atoms with Gasteiger partial charge in [0, 0.05) is 56.6 Å². The van der Waals surface area contributed by atoms with Gasteiger partial charge in [-0.1, -0.05) is 0 Å². The van der Waals surface area contributed by atoms with Gasteiger partial charge in [-0.3, -0.25) is 15.0 Å². The molecule has 3 atom stereocenters. The molecule has 51 heavy (non-hydrogen) atoms. The summed E-state index contributed by atoms with van der Waals surface area (Å²) in [6.07, 6.45) is -9.06. The minimum Gasteiger partial charge on any atom is -0.378 e. The number of aromatic nitrogens is 3. The summed E-state index contributed by atoms with van der Waals surface area (Å²) in [5.41, 5.74) is -0.456. The van der Waals surface area contributed by atoms with E-state index in [1.807, 2.05) is 0 Å². The zero-order valence-electron chi connectivity index (χ0n) is 27.0. The van der Waals surface area contributed by atoms with Crippen molar-refractivity contribution >= 4 is 12.1 Å². The van der Waals surface area contributed by atoms with Crippen LogP contribution in [0, 0.1) is 0 Å². The van der Waals surface area contributed by atoms with E-state index in [1.54, 1.807) is 0 Å². The summed E-state index contributed by atoms with van der Waals surface area (Å²) in [6, 6.07) is 6.93. The summed E-state index contributed by atoms with van der Waals surface area (Å²) in [7, 11) is 0. The van der Waals surface area contributed by atoms with Gasteiger partial charge in [-0.15, -0.1) is 0 Å². The van der Waals surface area contributed by atoms with E-state index in [9.17, 15) is 43.4 Å². The average Bonchev–Trinajstić information content (AvgIpc) is 3.13. The molecule has 6 heterocycles. The van der Waals surface area contributed by atoms with Gasteiger partial charge in [0.25, 0.3) is 0 Å². The summed E-state index contributed by atoms with van der Waals surface area (Å²) >= 11 is 0.250. The lowest BCUT2D eigenvalue weighted by Crippen LogP contribution is -2.35. The van der Waals surface area contributed by atoms with Gasteiger partial charge in [-0.2, -0.15) is 43.4 Å². The van der Waals surface area contributed by atoms with Crippen LogP contribution in [0.5, 0.6) is 0 Å². The summed E-state index contributed by atoms with van der Waals surface area (Å²) < 4.78 is 136. The molecule has 0 radical (unpaired) electrons. The quantitative estimate of drug-likeness (QED) is 0.256. The first kappa shape index (κ1) is 42.3. The highest BCUT2D eigenvalue weighted by Gasteiger charge is 2.33. The second-order valence-electron chi connectivity index (χ2n) is 10.8. The van der Waals surface area contributed by atoms with Crippen molar-refractivity contribution in [3.8, 4) is 0 Å². The molecule has 3 aromatic rings. The first-order valence-corrected chi connectivity index (χ1v) is 16.4. The maximum absolute atomic E-state index is 12.3. The van der Waals surface area contributed by atoms with E-state index in [2.05, 4.69) is 30.9 Å². The van der Waals surface area contributed by atoms with Crippen molar-refractivity contribution in [3.63, 3.8) is 0 Å². The standard InChI is InChI=1S/3C10H11F3N2O.CH3FS/c3*11-10(12,13)7-1-2-8(15-5-7)9-6-16-4-3-14-9;1-3-2/h3*1-2,5,9,14H,3-4,6H2;1H3/t2*9-;;/m10../s1. The Labute approximate surface area is 291 Å². The molecule has 3 saturated heterocycles. The maximum atomic E-state index is 12.3.